The molecule has 0 radical (unpaired) electrons. The number of amides is 1. The van der Waals surface area contributed by atoms with Gasteiger partial charge in [-0.15, -0.1) is 0 Å². The Morgan fingerprint density at radius 3 is 2.69 bits per heavy atom. The van der Waals surface area contributed by atoms with Crippen LogP contribution in [0.4, 0.5) is 0 Å². The largest absolute Gasteiger partial charge is 0.345 e. The number of hydrogen-bond acceptors (Lipinski definition) is 3. The van der Waals surface area contributed by atoms with E-state index in [0.29, 0.717) is 18.7 Å². The monoisotopic (exact) mass is 224 g/mol. The molecule has 90 valence electrons. The summed E-state index contributed by atoms with van der Waals surface area (Å²) >= 11 is 0. The highest BCUT2D eigenvalue weighted by molar-refractivity contribution is 5.86. The molecule has 1 saturated carbocycles. The summed E-state index contributed by atoms with van der Waals surface area (Å²) in [7, 11) is 1.84. The van der Waals surface area contributed by atoms with Gasteiger partial charge >= 0.3 is 0 Å². The van der Waals surface area contributed by atoms with Crippen LogP contribution >= 0.6 is 0 Å². The second-order valence-corrected chi connectivity index (χ2v) is 4.87. The minimum absolute atomic E-state index is 0.0178. The van der Waals surface area contributed by atoms with E-state index in [2.05, 4.69) is 4.90 Å². The summed E-state index contributed by atoms with van der Waals surface area (Å²) in [6.07, 6.45) is 4.76. The van der Waals surface area contributed by atoms with E-state index in [0.717, 1.165) is 38.8 Å². The van der Waals surface area contributed by atoms with Crippen molar-refractivity contribution >= 4 is 11.7 Å². The first-order chi connectivity index (χ1) is 7.68. The number of rotatable bonds is 1. The summed E-state index contributed by atoms with van der Waals surface area (Å²) in [5, 5.41) is 0. The lowest BCUT2D eigenvalue weighted by molar-refractivity contribution is -0.132. The Labute approximate surface area is 96.6 Å². The van der Waals surface area contributed by atoms with Crippen molar-refractivity contribution in [3.05, 3.63) is 0 Å². The van der Waals surface area contributed by atoms with Crippen molar-refractivity contribution in [3.63, 3.8) is 0 Å². The van der Waals surface area contributed by atoms with Gasteiger partial charge < -0.3 is 4.90 Å². The molecule has 0 aromatic carbocycles. The standard InChI is InChI=1S/C12H20N2O2/c1-13-7-4-8-14(9-12(13)16)10-5-2-3-6-11(10)15/h10H,2-9H2,1H3. The predicted octanol–water partition coefficient (Wildman–Crippen LogP) is 0.662. The van der Waals surface area contributed by atoms with E-state index in [-0.39, 0.29) is 11.9 Å². The fourth-order valence-corrected chi connectivity index (χ4v) is 2.63. The minimum Gasteiger partial charge on any atom is -0.345 e. The quantitative estimate of drug-likeness (QED) is 0.657. The van der Waals surface area contributed by atoms with Crippen LogP contribution in [0.1, 0.15) is 32.1 Å². The zero-order valence-corrected chi connectivity index (χ0v) is 9.95. The van der Waals surface area contributed by atoms with Gasteiger partial charge in [0.25, 0.3) is 0 Å². The van der Waals surface area contributed by atoms with Crippen LogP contribution in [0.25, 0.3) is 0 Å². The highest BCUT2D eigenvalue weighted by atomic mass is 16.2. The van der Waals surface area contributed by atoms with Crippen LogP contribution in [-0.2, 0) is 9.59 Å². The summed E-state index contributed by atoms with van der Waals surface area (Å²) in [5.41, 5.74) is 0. The number of likely N-dealkylation sites (N-methyl/N-ethyl adjacent to an activating group) is 1. The molecule has 0 spiro atoms. The Morgan fingerprint density at radius 1 is 1.12 bits per heavy atom. The number of Topliss-reactive ketones (excluding diaryl/α,β-unsaturated/α-hetero) is 1. The molecule has 0 aromatic heterocycles. The van der Waals surface area contributed by atoms with Crippen LogP contribution in [0.5, 0.6) is 0 Å². The maximum absolute atomic E-state index is 11.8. The van der Waals surface area contributed by atoms with Crippen molar-refractivity contribution in [1.29, 1.82) is 0 Å². The molecule has 1 heterocycles. The summed E-state index contributed by atoms with van der Waals surface area (Å²) in [4.78, 5) is 27.4. The molecule has 0 aromatic rings. The van der Waals surface area contributed by atoms with Crippen molar-refractivity contribution in [2.45, 2.75) is 38.1 Å². The minimum atomic E-state index is 0.0178. The second-order valence-electron chi connectivity index (χ2n) is 4.87. The molecule has 16 heavy (non-hydrogen) atoms. The average molecular weight is 224 g/mol. The normalized spacial score (nSPS) is 29.3. The first kappa shape index (κ1) is 11.6. The Bertz CT molecular complexity index is 289. The highest BCUT2D eigenvalue weighted by Gasteiger charge is 2.31. The van der Waals surface area contributed by atoms with E-state index in [1.54, 1.807) is 4.90 Å². The Kier molecular flexibility index (Phi) is 3.59. The van der Waals surface area contributed by atoms with Gasteiger partial charge in [-0.3, -0.25) is 14.5 Å². The number of hydrogen-bond donors (Lipinski definition) is 0. The summed E-state index contributed by atoms with van der Waals surface area (Å²) < 4.78 is 0. The molecule has 2 aliphatic rings. The first-order valence-corrected chi connectivity index (χ1v) is 6.19. The van der Waals surface area contributed by atoms with Crippen molar-refractivity contribution < 1.29 is 9.59 Å². The van der Waals surface area contributed by atoms with E-state index < -0.39 is 0 Å². The van der Waals surface area contributed by atoms with Crippen molar-refractivity contribution in [2.24, 2.45) is 0 Å². The molecule has 1 aliphatic heterocycles. The van der Waals surface area contributed by atoms with Crippen LogP contribution in [0.2, 0.25) is 0 Å². The number of carbonyl (C=O) groups excluding carboxylic acids is 2. The van der Waals surface area contributed by atoms with Gasteiger partial charge in [0.15, 0.2) is 0 Å². The first-order valence-electron chi connectivity index (χ1n) is 6.19. The van der Waals surface area contributed by atoms with E-state index in [1.165, 1.54) is 0 Å². The van der Waals surface area contributed by atoms with Crippen LogP contribution in [0, 0.1) is 0 Å². The smallest absolute Gasteiger partial charge is 0.236 e. The third-order valence-electron chi connectivity index (χ3n) is 3.67. The zero-order chi connectivity index (χ0) is 11.5. The Hall–Kier alpha value is -0.900. The fraction of sp³-hybridized carbons (Fsp3) is 0.833. The molecular formula is C12H20N2O2. The van der Waals surface area contributed by atoms with E-state index in [4.69, 9.17) is 0 Å². The molecule has 0 N–H and O–H groups in total. The van der Waals surface area contributed by atoms with Gasteiger partial charge in [0, 0.05) is 26.6 Å². The summed E-state index contributed by atoms with van der Waals surface area (Å²) in [5.74, 6) is 0.486. The molecule has 0 bridgehead atoms. The summed E-state index contributed by atoms with van der Waals surface area (Å²) in [6, 6.07) is 0.0178. The van der Waals surface area contributed by atoms with E-state index in [9.17, 15) is 9.59 Å². The summed E-state index contributed by atoms with van der Waals surface area (Å²) in [6.45, 7) is 2.12. The topological polar surface area (TPSA) is 40.6 Å². The van der Waals surface area contributed by atoms with Gasteiger partial charge in [0.1, 0.15) is 5.78 Å². The molecule has 1 saturated heterocycles. The molecule has 2 rings (SSSR count). The lowest BCUT2D eigenvalue weighted by Crippen LogP contribution is -2.46. The van der Waals surface area contributed by atoms with Gasteiger partial charge in [-0.25, -0.2) is 0 Å². The molecule has 2 fully saturated rings. The van der Waals surface area contributed by atoms with Crippen LogP contribution < -0.4 is 0 Å². The molecule has 4 nitrogen and oxygen atoms in total. The maximum Gasteiger partial charge on any atom is 0.236 e. The third-order valence-corrected chi connectivity index (χ3v) is 3.67. The van der Waals surface area contributed by atoms with Gasteiger partial charge in [-0.05, 0) is 19.3 Å². The fourth-order valence-electron chi connectivity index (χ4n) is 2.63. The molecule has 1 amide bonds. The lowest BCUT2D eigenvalue weighted by Gasteiger charge is -2.31. The zero-order valence-electron chi connectivity index (χ0n) is 9.95. The molecule has 1 unspecified atom stereocenters. The molecule has 1 atom stereocenters. The number of ketones is 1. The van der Waals surface area contributed by atoms with Crippen molar-refractivity contribution in [3.8, 4) is 0 Å². The molecule has 1 aliphatic carbocycles. The van der Waals surface area contributed by atoms with Gasteiger partial charge in [0.2, 0.25) is 5.91 Å². The van der Waals surface area contributed by atoms with Crippen LogP contribution in [0.3, 0.4) is 0 Å². The van der Waals surface area contributed by atoms with E-state index >= 15 is 0 Å². The number of nitrogens with zero attached hydrogens (tertiary/aromatic N) is 2. The predicted molar refractivity (Wildman–Crippen MR) is 61.1 cm³/mol. The molecule has 4 heteroatoms. The van der Waals surface area contributed by atoms with Gasteiger partial charge in [0.05, 0.1) is 12.6 Å². The Morgan fingerprint density at radius 2 is 1.94 bits per heavy atom. The van der Waals surface area contributed by atoms with Crippen LogP contribution in [0.15, 0.2) is 0 Å². The third kappa shape index (κ3) is 2.43. The van der Waals surface area contributed by atoms with E-state index in [1.807, 2.05) is 7.05 Å². The SMILES string of the molecule is CN1CCCN(C2CCCCC2=O)CC1=O. The Balaban J connectivity index is 2.02. The van der Waals surface area contributed by atoms with Crippen LogP contribution in [-0.4, -0.2) is 54.2 Å². The molecular weight excluding hydrogens is 204 g/mol. The second kappa shape index (κ2) is 4.95. The van der Waals surface area contributed by atoms with Gasteiger partial charge in [-0.1, -0.05) is 6.42 Å². The van der Waals surface area contributed by atoms with Gasteiger partial charge in [-0.2, -0.15) is 0 Å². The van der Waals surface area contributed by atoms with Crippen molar-refractivity contribution in [2.75, 3.05) is 26.7 Å². The number of carbonyl (C=O) groups is 2. The lowest BCUT2D eigenvalue weighted by atomic mass is 9.93. The average Bonchev–Trinajstić information content (AvgIpc) is 2.43. The van der Waals surface area contributed by atoms with Crippen molar-refractivity contribution in [1.82, 2.24) is 9.80 Å². The maximum atomic E-state index is 11.8. The highest BCUT2D eigenvalue weighted by Crippen LogP contribution is 2.21.